The average Bonchev–Trinajstić information content (AvgIpc) is 2.71. The zero-order valence-corrected chi connectivity index (χ0v) is 12.9. The molecule has 0 fully saturated rings. The van der Waals surface area contributed by atoms with Crippen molar-refractivity contribution in [2.24, 2.45) is 5.92 Å². The monoisotopic (exact) mass is 299 g/mol. The maximum atomic E-state index is 11.6. The fourth-order valence-corrected chi connectivity index (χ4v) is 2.33. The Bertz CT molecular complexity index is 519. The Morgan fingerprint density at radius 3 is 2.50 bits per heavy atom. The van der Waals surface area contributed by atoms with Crippen molar-refractivity contribution in [2.75, 3.05) is 13.1 Å². The molecule has 1 aromatic heterocycles. The molecule has 0 saturated carbocycles. The highest BCUT2D eigenvalue weighted by molar-refractivity contribution is 7.07. The molecule has 7 heteroatoms. The Morgan fingerprint density at radius 1 is 1.30 bits per heavy atom. The van der Waals surface area contributed by atoms with Crippen molar-refractivity contribution in [1.29, 1.82) is 0 Å². The molecule has 1 aromatic rings. The summed E-state index contributed by atoms with van der Waals surface area (Å²) in [6.45, 7) is 6.67. The van der Waals surface area contributed by atoms with Crippen LogP contribution in [0, 0.1) is 12.8 Å². The number of aromatic nitrogens is 1. The van der Waals surface area contributed by atoms with E-state index in [1.165, 1.54) is 0 Å². The highest BCUT2D eigenvalue weighted by atomic mass is 32.1. The topological polar surface area (TPSA) is 80.2 Å². The van der Waals surface area contributed by atoms with Gasteiger partial charge < -0.3 is 15.2 Å². The normalized spacial score (nSPS) is 10.6. The molecule has 0 aliphatic rings. The van der Waals surface area contributed by atoms with Gasteiger partial charge in [-0.1, -0.05) is 25.2 Å². The highest BCUT2D eigenvalue weighted by Gasteiger charge is 2.07. The van der Waals surface area contributed by atoms with Crippen molar-refractivity contribution in [3.05, 3.63) is 20.7 Å². The van der Waals surface area contributed by atoms with E-state index in [0.717, 1.165) is 17.0 Å². The molecule has 1 heterocycles. The lowest BCUT2D eigenvalue weighted by molar-refractivity contribution is -0.124. The summed E-state index contributed by atoms with van der Waals surface area (Å²) in [5, 5.41) is 7.21. The van der Waals surface area contributed by atoms with Crippen LogP contribution in [0.15, 0.2) is 10.2 Å². The van der Waals surface area contributed by atoms with Gasteiger partial charge in [0, 0.05) is 43.0 Å². The van der Waals surface area contributed by atoms with Gasteiger partial charge in [-0.2, -0.15) is 0 Å². The third-order valence-corrected chi connectivity index (χ3v) is 3.69. The lowest BCUT2D eigenvalue weighted by atomic mass is 10.2. The van der Waals surface area contributed by atoms with Gasteiger partial charge in [0.15, 0.2) is 0 Å². The fourth-order valence-electron chi connectivity index (χ4n) is 1.57. The summed E-state index contributed by atoms with van der Waals surface area (Å²) < 4.78 is 1.59. The molecule has 0 radical (unpaired) electrons. The minimum atomic E-state index is -0.124. The number of carbonyl (C=O) groups excluding carboxylic acids is 2. The van der Waals surface area contributed by atoms with Gasteiger partial charge in [0.05, 0.1) is 0 Å². The molecule has 1 rings (SSSR count). The van der Waals surface area contributed by atoms with Crippen LogP contribution in [0.3, 0.4) is 0 Å². The predicted octanol–water partition coefficient (Wildman–Crippen LogP) is 0.497. The van der Waals surface area contributed by atoms with Crippen LogP contribution in [0.1, 0.15) is 26.0 Å². The zero-order valence-electron chi connectivity index (χ0n) is 12.1. The SMILES string of the molecule is Cc1csc(=O)n1CCC(=O)NCCNC(=O)C(C)C. The summed E-state index contributed by atoms with van der Waals surface area (Å²) in [5.41, 5.74) is 0.872. The minimum Gasteiger partial charge on any atom is -0.354 e. The molecule has 112 valence electrons. The maximum Gasteiger partial charge on any atom is 0.307 e. The van der Waals surface area contributed by atoms with Crippen molar-refractivity contribution in [3.63, 3.8) is 0 Å². The van der Waals surface area contributed by atoms with Crippen LogP contribution >= 0.6 is 11.3 Å². The quantitative estimate of drug-likeness (QED) is 0.719. The molecule has 6 nitrogen and oxygen atoms in total. The molecule has 0 saturated heterocycles. The Labute approximate surface area is 122 Å². The molecule has 20 heavy (non-hydrogen) atoms. The van der Waals surface area contributed by atoms with E-state index in [1.807, 2.05) is 20.8 Å². The van der Waals surface area contributed by atoms with Crippen molar-refractivity contribution in [3.8, 4) is 0 Å². The number of nitrogens with one attached hydrogen (secondary N) is 2. The van der Waals surface area contributed by atoms with Gasteiger partial charge in [-0.25, -0.2) is 0 Å². The first-order valence-corrected chi connectivity index (χ1v) is 7.49. The second kappa shape index (κ2) is 7.84. The summed E-state index contributed by atoms with van der Waals surface area (Å²) in [4.78, 5) is 34.3. The van der Waals surface area contributed by atoms with Gasteiger partial charge in [0.25, 0.3) is 0 Å². The molecular weight excluding hydrogens is 278 g/mol. The van der Waals surface area contributed by atoms with Crippen molar-refractivity contribution >= 4 is 23.2 Å². The van der Waals surface area contributed by atoms with Gasteiger partial charge >= 0.3 is 4.87 Å². The van der Waals surface area contributed by atoms with Crippen molar-refractivity contribution < 1.29 is 9.59 Å². The van der Waals surface area contributed by atoms with Gasteiger partial charge in [-0.15, -0.1) is 0 Å². The van der Waals surface area contributed by atoms with Crippen LogP contribution in [0.4, 0.5) is 0 Å². The first-order chi connectivity index (χ1) is 9.41. The van der Waals surface area contributed by atoms with E-state index in [0.29, 0.717) is 19.6 Å². The number of hydrogen-bond donors (Lipinski definition) is 2. The van der Waals surface area contributed by atoms with Crippen LogP contribution in [0.2, 0.25) is 0 Å². The number of rotatable bonds is 7. The Balaban J connectivity index is 2.21. The summed E-state index contributed by atoms with van der Waals surface area (Å²) in [5.74, 6) is -0.208. The first-order valence-electron chi connectivity index (χ1n) is 6.61. The second-order valence-corrected chi connectivity index (χ2v) is 5.66. The number of aryl methyl sites for hydroxylation is 1. The van der Waals surface area contributed by atoms with E-state index in [2.05, 4.69) is 10.6 Å². The largest absolute Gasteiger partial charge is 0.354 e. The molecule has 0 atom stereocenters. The van der Waals surface area contributed by atoms with E-state index in [1.54, 1.807) is 9.95 Å². The minimum absolute atomic E-state index is 0.0281. The van der Waals surface area contributed by atoms with Crippen molar-refractivity contribution in [2.45, 2.75) is 33.7 Å². The van der Waals surface area contributed by atoms with E-state index < -0.39 is 0 Å². The standard InChI is InChI=1S/C13H21N3O3S/c1-9(2)12(18)15-6-5-14-11(17)4-7-16-10(3)8-20-13(16)19/h8-9H,4-7H2,1-3H3,(H,14,17)(H,15,18). The smallest absolute Gasteiger partial charge is 0.307 e. The molecule has 2 N–H and O–H groups in total. The summed E-state index contributed by atoms with van der Waals surface area (Å²) in [6, 6.07) is 0. The van der Waals surface area contributed by atoms with Crippen LogP contribution in [-0.2, 0) is 16.1 Å². The van der Waals surface area contributed by atoms with E-state index in [9.17, 15) is 14.4 Å². The molecule has 0 spiro atoms. The van der Waals surface area contributed by atoms with Crippen LogP contribution in [0.25, 0.3) is 0 Å². The predicted molar refractivity (Wildman–Crippen MR) is 78.8 cm³/mol. The molecule has 0 unspecified atom stereocenters. The van der Waals surface area contributed by atoms with Crippen LogP contribution in [-0.4, -0.2) is 29.5 Å². The number of thiazole rings is 1. The third-order valence-electron chi connectivity index (χ3n) is 2.81. The summed E-state index contributed by atoms with van der Waals surface area (Å²) in [6.07, 6.45) is 0.260. The number of nitrogens with zero attached hydrogens (tertiary/aromatic N) is 1. The van der Waals surface area contributed by atoms with Gasteiger partial charge in [-0.3, -0.25) is 14.4 Å². The van der Waals surface area contributed by atoms with Crippen molar-refractivity contribution in [1.82, 2.24) is 15.2 Å². The van der Waals surface area contributed by atoms with Crippen LogP contribution in [0.5, 0.6) is 0 Å². The maximum absolute atomic E-state index is 11.6. The lowest BCUT2D eigenvalue weighted by Crippen LogP contribution is -2.36. The van der Waals surface area contributed by atoms with Gasteiger partial charge in [0.2, 0.25) is 11.8 Å². The first kappa shape index (κ1) is 16.4. The Morgan fingerprint density at radius 2 is 1.95 bits per heavy atom. The van der Waals surface area contributed by atoms with E-state index >= 15 is 0 Å². The highest BCUT2D eigenvalue weighted by Crippen LogP contribution is 2.00. The van der Waals surface area contributed by atoms with E-state index in [-0.39, 0.29) is 29.0 Å². The lowest BCUT2D eigenvalue weighted by Gasteiger charge is -2.09. The molecular formula is C13H21N3O3S. The molecule has 0 aliphatic heterocycles. The van der Waals surface area contributed by atoms with Crippen LogP contribution < -0.4 is 15.5 Å². The molecule has 0 aliphatic carbocycles. The number of hydrogen-bond acceptors (Lipinski definition) is 4. The Kier molecular flexibility index (Phi) is 6.44. The molecule has 2 amide bonds. The fraction of sp³-hybridized carbons (Fsp3) is 0.615. The number of carbonyl (C=O) groups is 2. The zero-order chi connectivity index (χ0) is 15.1. The number of amides is 2. The average molecular weight is 299 g/mol. The molecule has 0 bridgehead atoms. The molecule has 0 aromatic carbocycles. The summed E-state index contributed by atoms with van der Waals surface area (Å²) in [7, 11) is 0. The third kappa shape index (κ3) is 5.16. The van der Waals surface area contributed by atoms with Gasteiger partial charge in [-0.05, 0) is 6.92 Å². The Hall–Kier alpha value is -1.63. The summed E-state index contributed by atoms with van der Waals surface area (Å²) >= 11 is 1.14. The van der Waals surface area contributed by atoms with Gasteiger partial charge in [0.1, 0.15) is 0 Å². The second-order valence-electron chi connectivity index (χ2n) is 4.84. The van der Waals surface area contributed by atoms with E-state index in [4.69, 9.17) is 0 Å².